The third kappa shape index (κ3) is 3.61. The van der Waals surface area contributed by atoms with Gasteiger partial charge in [0.2, 0.25) is 0 Å². The fourth-order valence-corrected chi connectivity index (χ4v) is 3.65. The average molecular weight is 437 g/mol. The van der Waals surface area contributed by atoms with Crippen LogP contribution < -0.4 is 16.9 Å². The number of halogens is 2. The third-order valence-corrected chi connectivity index (χ3v) is 5.31. The van der Waals surface area contributed by atoms with Crippen LogP contribution in [0.5, 0.6) is 0 Å². The van der Waals surface area contributed by atoms with Crippen LogP contribution in [-0.2, 0) is 5.75 Å². The first kappa shape index (κ1) is 18.5. The SMILES string of the molecule is O=c1[nH]c(CSc2nc3cc(-c4ccc(Cl)cc4)nn3c(=O)[nH]2)c(Cl)c(=O)[nH]1. The van der Waals surface area contributed by atoms with E-state index in [4.69, 9.17) is 23.2 Å². The molecular formula is C16H10Cl2N6O3S. The zero-order valence-corrected chi connectivity index (χ0v) is 16.2. The molecule has 0 unspecified atom stereocenters. The van der Waals surface area contributed by atoms with E-state index in [2.05, 4.69) is 20.1 Å². The number of hydrogen-bond acceptors (Lipinski definition) is 6. The molecule has 4 rings (SSSR count). The van der Waals surface area contributed by atoms with E-state index < -0.39 is 16.9 Å². The Morgan fingerprint density at radius 3 is 2.54 bits per heavy atom. The minimum atomic E-state index is -0.679. The second kappa shape index (κ2) is 7.30. The van der Waals surface area contributed by atoms with Crippen molar-refractivity contribution in [1.82, 2.24) is 29.5 Å². The van der Waals surface area contributed by atoms with Gasteiger partial charge in [0.1, 0.15) is 5.02 Å². The van der Waals surface area contributed by atoms with Gasteiger partial charge in [0.05, 0.1) is 11.4 Å². The number of aromatic nitrogens is 6. The number of fused-ring (bicyclic) bond motifs is 1. The number of nitrogens with one attached hydrogen (secondary N) is 3. The Hall–Kier alpha value is -2.82. The van der Waals surface area contributed by atoms with Crippen LogP contribution in [0.1, 0.15) is 5.69 Å². The maximum atomic E-state index is 12.3. The Balaban J connectivity index is 1.66. The molecular weight excluding hydrogens is 427 g/mol. The monoisotopic (exact) mass is 436 g/mol. The van der Waals surface area contributed by atoms with Crippen molar-refractivity contribution in [1.29, 1.82) is 0 Å². The van der Waals surface area contributed by atoms with Crippen molar-refractivity contribution in [2.75, 3.05) is 0 Å². The predicted octanol–water partition coefficient (Wildman–Crippen LogP) is 2.06. The fourth-order valence-electron chi connectivity index (χ4n) is 2.47. The van der Waals surface area contributed by atoms with Crippen molar-refractivity contribution >= 4 is 40.6 Å². The van der Waals surface area contributed by atoms with Crippen LogP contribution in [0.3, 0.4) is 0 Å². The summed E-state index contributed by atoms with van der Waals surface area (Å²) in [4.78, 5) is 46.7. The van der Waals surface area contributed by atoms with E-state index in [1.165, 1.54) is 0 Å². The minimum Gasteiger partial charge on any atom is -0.309 e. The second-order valence-corrected chi connectivity index (χ2v) is 7.42. The summed E-state index contributed by atoms with van der Waals surface area (Å²) in [6.07, 6.45) is 0. The molecule has 3 aromatic heterocycles. The van der Waals surface area contributed by atoms with Gasteiger partial charge in [0, 0.05) is 22.4 Å². The van der Waals surface area contributed by atoms with E-state index in [1.807, 2.05) is 4.98 Å². The molecule has 3 N–H and O–H groups in total. The number of thioether (sulfide) groups is 1. The fraction of sp³-hybridized carbons (Fsp3) is 0.0625. The molecule has 0 saturated heterocycles. The van der Waals surface area contributed by atoms with Gasteiger partial charge in [-0.2, -0.15) is 9.61 Å². The van der Waals surface area contributed by atoms with Crippen LogP contribution >= 0.6 is 35.0 Å². The quantitative estimate of drug-likeness (QED) is 0.420. The Labute approximate surface area is 169 Å². The van der Waals surface area contributed by atoms with Crippen LogP contribution in [-0.4, -0.2) is 29.5 Å². The van der Waals surface area contributed by atoms with E-state index >= 15 is 0 Å². The summed E-state index contributed by atoms with van der Waals surface area (Å²) in [6, 6.07) is 8.71. The van der Waals surface area contributed by atoms with Crippen molar-refractivity contribution in [3.8, 4) is 11.3 Å². The molecule has 1 aromatic carbocycles. The molecule has 0 bridgehead atoms. The number of aromatic amines is 3. The molecule has 0 fully saturated rings. The summed E-state index contributed by atoms with van der Waals surface area (Å²) in [6.45, 7) is 0. The van der Waals surface area contributed by atoms with Crippen LogP contribution in [0, 0.1) is 0 Å². The lowest BCUT2D eigenvalue weighted by molar-refractivity contribution is 0.788. The first-order chi connectivity index (χ1) is 13.4. The molecule has 142 valence electrons. The van der Waals surface area contributed by atoms with Crippen LogP contribution in [0.4, 0.5) is 0 Å². The molecule has 9 nitrogen and oxygen atoms in total. The zero-order valence-electron chi connectivity index (χ0n) is 13.8. The Kier molecular flexibility index (Phi) is 4.84. The molecule has 28 heavy (non-hydrogen) atoms. The summed E-state index contributed by atoms with van der Waals surface area (Å²) < 4.78 is 1.15. The summed E-state index contributed by atoms with van der Waals surface area (Å²) in [5, 5.41) is 5.02. The van der Waals surface area contributed by atoms with Crippen LogP contribution in [0.2, 0.25) is 10.0 Å². The van der Waals surface area contributed by atoms with Gasteiger partial charge in [-0.1, -0.05) is 47.1 Å². The van der Waals surface area contributed by atoms with Gasteiger partial charge < -0.3 is 4.98 Å². The molecule has 0 saturated carbocycles. The van der Waals surface area contributed by atoms with Gasteiger partial charge >= 0.3 is 11.4 Å². The maximum absolute atomic E-state index is 12.3. The Morgan fingerprint density at radius 2 is 1.79 bits per heavy atom. The smallest absolute Gasteiger partial charge is 0.309 e. The second-order valence-electron chi connectivity index (χ2n) is 5.64. The molecule has 0 aliphatic rings. The standard InChI is InChI=1S/C16H10Cl2N6O3S/c17-8-3-1-7(2-4-8)9-5-11-20-15(22-16(27)24(11)23-9)28-6-10-12(18)13(25)21-14(26)19-10/h1-5H,6H2,(H,20,22,27)(H2,19,21,25,26). The first-order valence-electron chi connectivity index (χ1n) is 7.80. The van der Waals surface area contributed by atoms with Crippen molar-refractivity contribution in [3.63, 3.8) is 0 Å². The van der Waals surface area contributed by atoms with Crippen molar-refractivity contribution < 1.29 is 0 Å². The molecule has 0 radical (unpaired) electrons. The molecule has 0 atom stereocenters. The first-order valence-corrected chi connectivity index (χ1v) is 9.54. The zero-order chi connectivity index (χ0) is 19.8. The van der Waals surface area contributed by atoms with Gasteiger partial charge in [-0.3, -0.25) is 14.8 Å². The maximum Gasteiger partial charge on any atom is 0.350 e. The molecule has 4 aromatic rings. The molecule has 12 heteroatoms. The Bertz CT molecular complexity index is 1360. The van der Waals surface area contributed by atoms with E-state index in [0.29, 0.717) is 16.4 Å². The molecule has 0 aliphatic heterocycles. The van der Waals surface area contributed by atoms with Crippen molar-refractivity contribution in [3.05, 3.63) is 77.4 Å². The average Bonchev–Trinajstić information content (AvgIpc) is 3.09. The van der Waals surface area contributed by atoms with Crippen molar-refractivity contribution in [2.24, 2.45) is 0 Å². The highest BCUT2D eigenvalue weighted by Gasteiger charge is 2.12. The van der Waals surface area contributed by atoms with Gasteiger partial charge in [-0.25, -0.2) is 14.6 Å². The van der Waals surface area contributed by atoms with E-state index in [0.717, 1.165) is 21.8 Å². The van der Waals surface area contributed by atoms with E-state index in [-0.39, 0.29) is 21.6 Å². The predicted molar refractivity (Wildman–Crippen MR) is 106 cm³/mol. The highest BCUT2D eigenvalue weighted by Crippen LogP contribution is 2.23. The summed E-state index contributed by atoms with van der Waals surface area (Å²) >= 11 is 12.9. The lowest BCUT2D eigenvalue weighted by Crippen LogP contribution is -2.24. The van der Waals surface area contributed by atoms with Crippen LogP contribution in [0.25, 0.3) is 16.9 Å². The normalized spacial score (nSPS) is 11.2. The molecule has 3 heterocycles. The number of H-pyrrole nitrogens is 3. The van der Waals surface area contributed by atoms with E-state index in [1.54, 1.807) is 30.3 Å². The lowest BCUT2D eigenvalue weighted by Gasteiger charge is -2.03. The largest absolute Gasteiger partial charge is 0.350 e. The van der Waals surface area contributed by atoms with E-state index in [9.17, 15) is 14.4 Å². The molecule has 0 amide bonds. The number of nitrogens with zero attached hydrogens (tertiary/aromatic N) is 3. The highest BCUT2D eigenvalue weighted by atomic mass is 35.5. The highest BCUT2D eigenvalue weighted by molar-refractivity contribution is 7.98. The van der Waals surface area contributed by atoms with Gasteiger partial charge in [-0.15, -0.1) is 0 Å². The van der Waals surface area contributed by atoms with Crippen LogP contribution in [0.15, 0.2) is 49.9 Å². The number of hydrogen-bond donors (Lipinski definition) is 3. The van der Waals surface area contributed by atoms with Gasteiger partial charge in [0.15, 0.2) is 10.8 Å². The molecule has 0 aliphatic carbocycles. The number of rotatable bonds is 4. The summed E-state index contributed by atoms with van der Waals surface area (Å²) in [7, 11) is 0. The molecule has 0 spiro atoms. The summed E-state index contributed by atoms with van der Waals surface area (Å²) in [5.41, 5.74) is 0.125. The third-order valence-electron chi connectivity index (χ3n) is 3.76. The van der Waals surface area contributed by atoms with Crippen molar-refractivity contribution in [2.45, 2.75) is 10.9 Å². The van der Waals surface area contributed by atoms with Gasteiger partial charge in [-0.05, 0) is 12.1 Å². The topological polar surface area (TPSA) is 129 Å². The Morgan fingerprint density at radius 1 is 1.04 bits per heavy atom. The number of benzene rings is 1. The summed E-state index contributed by atoms with van der Waals surface area (Å²) in [5.74, 6) is 0.134. The van der Waals surface area contributed by atoms with Gasteiger partial charge in [0.25, 0.3) is 5.56 Å². The minimum absolute atomic E-state index is 0.120. The lowest BCUT2D eigenvalue weighted by atomic mass is 10.2.